The van der Waals surface area contributed by atoms with Crippen molar-refractivity contribution in [2.24, 2.45) is 0 Å². The Balaban J connectivity index is 1.65. The first-order chi connectivity index (χ1) is 13.3. The molecule has 0 heterocycles. The van der Waals surface area contributed by atoms with Crippen molar-refractivity contribution in [3.05, 3.63) is 94.5 Å². The lowest BCUT2D eigenvalue weighted by Gasteiger charge is -2.10. The lowest BCUT2D eigenvalue weighted by molar-refractivity contribution is 0.0951. The van der Waals surface area contributed by atoms with Crippen LogP contribution in [-0.4, -0.2) is 14.3 Å². The summed E-state index contributed by atoms with van der Waals surface area (Å²) in [5.41, 5.74) is 2.60. The van der Waals surface area contributed by atoms with E-state index < -0.39 is 10.0 Å². The van der Waals surface area contributed by atoms with Gasteiger partial charge in [0.25, 0.3) is 15.9 Å². The summed E-state index contributed by atoms with van der Waals surface area (Å²) in [7, 11) is -3.68. The molecule has 28 heavy (non-hydrogen) atoms. The van der Waals surface area contributed by atoms with E-state index in [9.17, 15) is 13.2 Å². The van der Waals surface area contributed by atoms with Gasteiger partial charge in [-0.2, -0.15) is 0 Å². The van der Waals surface area contributed by atoms with Gasteiger partial charge in [0.05, 0.1) is 4.90 Å². The smallest absolute Gasteiger partial charge is 0.261 e. The molecular formula is C21H19ClN2O3S. The van der Waals surface area contributed by atoms with Crippen LogP contribution in [0.5, 0.6) is 0 Å². The number of carbonyl (C=O) groups is 1. The molecule has 0 saturated carbocycles. The van der Waals surface area contributed by atoms with E-state index in [4.69, 9.17) is 11.6 Å². The van der Waals surface area contributed by atoms with Gasteiger partial charge in [-0.3, -0.25) is 9.52 Å². The number of hydrogen-bond acceptors (Lipinski definition) is 3. The Hall–Kier alpha value is -2.83. The van der Waals surface area contributed by atoms with Crippen LogP contribution in [0.2, 0.25) is 5.02 Å². The number of nitrogens with one attached hydrogen (secondary N) is 2. The SMILES string of the molecule is Cc1ccc(S(=O)(=O)Nc2ccc(C(=O)NCc3ccccc3Cl)cc2)cc1. The minimum atomic E-state index is -3.68. The maximum absolute atomic E-state index is 12.4. The van der Waals surface area contributed by atoms with E-state index in [0.29, 0.717) is 22.8 Å². The van der Waals surface area contributed by atoms with Crippen LogP contribution >= 0.6 is 11.6 Å². The number of rotatable bonds is 6. The molecule has 3 aromatic rings. The van der Waals surface area contributed by atoms with E-state index in [1.54, 1.807) is 54.6 Å². The lowest BCUT2D eigenvalue weighted by Crippen LogP contribution is -2.23. The molecule has 0 radical (unpaired) electrons. The summed E-state index contributed by atoms with van der Waals surface area (Å²) >= 11 is 6.08. The summed E-state index contributed by atoms with van der Waals surface area (Å²) < 4.78 is 27.3. The summed E-state index contributed by atoms with van der Waals surface area (Å²) in [6, 6.07) is 20.1. The third-order valence-electron chi connectivity index (χ3n) is 4.13. The van der Waals surface area contributed by atoms with Crippen LogP contribution < -0.4 is 10.0 Å². The first-order valence-electron chi connectivity index (χ1n) is 8.56. The van der Waals surface area contributed by atoms with Gasteiger partial charge in [0, 0.05) is 22.8 Å². The summed E-state index contributed by atoms with van der Waals surface area (Å²) in [6.07, 6.45) is 0. The molecule has 0 aliphatic rings. The average Bonchev–Trinajstić information content (AvgIpc) is 2.68. The maximum Gasteiger partial charge on any atom is 0.261 e. The van der Waals surface area contributed by atoms with Crippen LogP contribution in [0.1, 0.15) is 21.5 Å². The van der Waals surface area contributed by atoms with Gasteiger partial charge >= 0.3 is 0 Å². The molecule has 2 N–H and O–H groups in total. The van der Waals surface area contributed by atoms with E-state index >= 15 is 0 Å². The van der Waals surface area contributed by atoms with Crippen LogP contribution in [0.4, 0.5) is 5.69 Å². The zero-order valence-electron chi connectivity index (χ0n) is 15.1. The topological polar surface area (TPSA) is 75.3 Å². The van der Waals surface area contributed by atoms with Gasteiger partial charge < -0.3 is 5.32 Å². The third kappa shape index (κ3) is 4.91. The maximum atomic E-state index is 12.4. The highest BCUT2D eigenvalue weighted by atomic mass is 35.5. The number of benzene rings is 3. The van der Waals surface area contributed by atoms with Crippen molar-refractivity contribution in [2.75, 3.05) is 4.72 Å². The van der Waals surface area contributed by atoms with Crippen LogP contribution in [0.3, 0.4) is 0 Å². The number of carbonyl (C=O) groups excluding carboxylic acids is 1. The molecule has 0 fully saturated rings. The fourth-order valence-electron chi connectivity index (χ4n) is 2.54. The molecule has 0 atom stereocenters. The Bertz CT molecular complexity index is 1080. The van der Waals surface area contributed by atoms with Crippen molar-refractivity contribution in [1.29, 1.82) is 0 Å². The number of halogens is 1. The average molecular weight is 415 g/mol. The normalized spacial score (nSPS) is 11.1. The molecule has 144 valence electrons. The van der Waals surface area contributed by atoms with Crippen molar-refractivity contribution in [1.82, 2.24) is 5.32 Å². The quantitative estimate of drug-likeness (QED) is 0.628. The number of sulfonamides is 1. The Morgan fingerprint density at radius 3 is 2.21 bits per heavy atom. The molecule has 5 nitrogen and oxygen atoms in total. The molecule has 0 spiro atoms. The molecule has 1 amide bonds. The van der Waals surface area contributed by atoms with E-state index in [0.717, 1.165) is 11.1 Å². The van der Waals surface area contributed by atoms with Crippen molar-refractivity contribution in [2.45, 2.75) is 18.4 Å². The Labute approximate surface area is 169 Å². The minimum Gasteiger partial charge on any atom is -0.348 e. The van der Waals surface area contributed by atoms with Gasteiger partial charge in [-0.05, 0) is 55.0 Å². The fourth-order valence-corrected chi connectivity index (χ4v) is 3.80. The van der Waals surface area contributed by atoms with Crippen molar-refractivity contribution in [3.8, 4) is 0 Å². The third-order valence-corrected chi connectivity index (χ3v) is 5.89. The molecule has 0 aliphatic heterocycles. The second-order valence-electron chi connectivity index (χ2n) is 6.27. The molecule has 3 aromatic carbocycles. The summed E-state index contributed by atoms with van der Waals surface area (Å²) in [5.74, 6) is -0.270. The molecule has 0 saturated heterocycles. The molecule has 0 aromatic heterocycles. The van der Waals surface area contributed by atoms with Gasteiger partial charge in [0.1, 0.15) is 0 Å². The molecule has 7 heteroatoms. The Kier molecular flexibility index (Phi) is 6.02. The molecule has 0 unspecified atom stereocenters. The second kappa shape index (κ2) is 8.46. The van der Waals surface area contributed by atoms with Gasteiger partial charge in [0.15, 0.2) is 0 Å². The first-order valence-corrected chi connectivity index (χ1v) is 10.4. The first kappa shape index (κ1) is 19.9. The zero-order chi connectivity index (χ0) is 20.1. The molecular weight excluding hydrogens is 396 g/mol. The van der Waals surface area contributed by atoms with Crippen molar-refractivity contribution >= 4 is 33.2 Å². The van der Waals surface area contributed by atoms with Crippen molar-refractivity contribution < 1.29 is 13.2 Å². The summed E-state index contributed by atoms with van der Waals surface area (Å²) in [6.45, 7) is 2.19. The lowest BCUT2D eigenvalue weighted by atomic mass is 10.2. The molecule has 0 bridgehead atoms. The van der Waals surface area contributed by atoms with Gasteiger partial charge in [-0.15, -0.1) is 0 Å². The Morgan fingerprint density at radius 2 is 1.57 bits per heavy atom. The van der Waals surface area contributed by atoms with E-state index in [1.807, 2.05) is 25.1 Å². The molecule has 0 aliphatic carbocycles. The summed E-state index contributed by atoms with van der Waals surface area (Å²) in [5, 5.41) is 3.38. The summed E-state index contributed by atoms with van der Waals surface area (Å²) in [4.78, 5) is 12.5. The number of aryl methyl sites for hydroxylation is 1. The number of anilines is 1. The van der Waals surface area contributed by atoms with Gasteiger partial charge in [0.2, 0.25) is 0 Å². The number of hydrogen-bond donors (Lipinski definition) is 2. The van der Waals surface area contributed by atoms with E-state index in [2.05, 4.69) is 10.0 Å². The zero-order valence-corrected chi connectivity index (χ0v) is 16.7. The second-order valence-corrected chi connectivity index (χ2v) is 8.36. The van der Waals surface area contributed by atoms with Crippen LogP contribution in [0.15, 0.2) is 77.7 Å². The molecule has 3 rings (SSSR count). The standard InChI is InChI=1S/C21H19ClN2O3S/c1-15-6-12-19(13-7-15)28(26,27)24-18-10-8-16(9-11-18)21(25)23-14-17-4-2-3-5-20(17)22/h2-13,24H,14H2,1H3,(H,23,25). The van der Waals surface area contributed by atoms with E-state index in [1.165, 1.54) is 0 Å². The monoisotopic (exact) mass is 414 g/mol. The Morgan fingerprint density at radius 1 is 0.929 bits per heavy atom. The van der Waals surface area contributed by atoms with Crippen LogP contribution in [-0.2, 0) is 16.6 Å². The minimum absolute atomic E-state index is 0.180. The van der Waals surface area contributed by atoms with Gasteiger partial charge in [-0.1, -0.05) is 47.5 Å². The fraction of sp³-hybridized carbons (Fsp3) is 0.0952. The van der Waals surface area contributed by atoms with Crippen LogP contribution in [0, 0.1) is 6.92 Å². The largest absolute Gasteiger partial charge is 0.348 e. The highest BCUT2D eigenvalue weighted by Gasteiger charge is 2.14. The van der Waals surface area contributed by atoms with Crippen LogP contribution in [0.25, 0.3) is 0 Å². The predicted molar refractivity (Wildman–Crippen MR) is 111 cm³/mol. The van der Waals surface area contributed by atoms with E-state index in [-0.39, 0.29) is 10.8 Å². The highest BCUT2D eigenvalue weighted by molar-refractivity contribution is 7.92. The highest BCUT2D eigenvalue weighted by Crippen LogP contribution is 2.18. The predicted octanol–water partition coefficient (Wildman–Crippen LogP) is 4.38. The van der Waals surface area contributed by atoms with Gasteiger partial charge in [-0.25, -0.2) is 8.42 Å². The van der Waals surface area contributed by atoms with Crippen molar-refractivity contribution in [3.63, 3.8) is 0 Å². The number of amides is 1.